The number of carbonyl (C=O) groups excluding carboxylic acids is 1. The molecule has 4 heterocycles. The molecular weight excluding hydrogens is 582 g/mol. The molecule has 0 radical (unpaired) electrons. The predicted octanol–water partition coefficient (Wildman–Crippen LogP) is 1.80. The molecule has 0 saturated heterocycles. The first-order valence-electron chi connectivity index (χ1n) is 13.3. The van der Waals surface area contributed by atoms with Crippen LogP contribution >= 0.6 is 0 Å². The van der Waals surface area contributed by atoms with Crippen LogP contribution in [0.1, 0.15) is 40.1 Å². The van der Waals surface area contributed by atoms with Crippen molar-refractivity contribution in [1.82, 2.24) is 33.7 Å². The van der Waals surface area contributed by atoms with Crippen LogP contribution in [0.15, 0.2) is 90.2 Å². The van der Waals surface area contributed by atoms with E-state index in [4.69, 9.17) is 11.5 Å². The maximum Gasteiger partial charge on any atom is 0.266 e. The first-order chi connectivity index (χ1) is 21.2. The Balaban J connectivity index is 1.45. The Labute approximate surface area is 250 Å². The van der Waals surface area contributed by atoms with Crippen molar-refractivity contribution in [3.63, 3.8) is 0 Å². The number of pyridine rings is 1. The summed E-state index contributed by atoms with van der Waals surface area (Å²) in [4.78, 5) is 31.9. The molecule has 6 rings (SSSR count). The van der Waals surface area contributed by atoms with Gasteiger partial charge >= 0.3 is 0 Å². The van der Waals surface area contributed by atoms with Gasteiger partial charge in [0.15, 0.2) is 11.5 Å². The second-order valence-corrected chi connectivity index (χ2v) is 11.7. The van der Waals surface area contributed by atoms with Gasteiger partial charge in [-0.25, -0.2) is 17.9 Å². The third-order valence-corrected chi connectivity index (χ3v) is 8.12. The highest BCUT2D eigenvalue weighted by atomic mass is 32.2. The number of nitrogens with two attached hydrogens (primary N) is 2. The number of fused-ring (bicyclic) bond motifs is 2. The Morgan fingerprint density at radius 3 is 2.66 bits per heavy atom. The van der Waals surface area contributed by atoms with Crippen molar-refractivity contribution in [2.75, 3.05) is 11.6 Å². The van der Waals surface area contributed by atoms with E-state index in [1.165, 1.54) is 21.5 Å². The minimum absolute atomic E-state index is 0.0294. The van der Waals surface area contributed by atoms with Gasteiger partial charge in [0.25, 0.3) is 21.5 Å². The first-order valence-corrected chi connectivity index (χ1v) is 14.9. The van der Waals surface area contributed by atoms with E-state index in [1.54, 1.807) is 55.7 Å². The predicted molar refractivity (Wildman–Crippen MR) is 164 cm³/mol. The fourth-order valence-electron chi connectivity index (χ4n) is 4.85. The zero-order valence-electron chi connectivity index (χ0n) is 23.2. The van der Waals surface area contributed by atoms with Gasteiger partial charge in [-0.2, -0.15) is 9.19 Å². The van der Waals surface area contributed by atoms with E-state index in [9.17, 15) is 18.0 Å². The Bertz CT molecular complexity index is 2300. The zero-order valence-corrected chi connectivity index (χ0v) is 24.1. The van der Waals surface area contributed by atoms with Crippen molar-refractivity contribution >= 4 is 38.2 Å². The number of nitrogen functional groups attached to an aromatic ring is 1. The van der Waals surface area contributed by atoms with Crippen LogP contribution in [0.3, 0.4) is 0 Å². The average molecular weight is 608 g/mol. The van der Waals surface area contributed by atoms with Crippen molar-refractivity contribution < 1.29 is 13.2 Å². The van der Waals surface area contributed by atoms with Crippen LogP contribution in [0.2, 0.25) is 0 Å². The minimum atomic E-state index is -3.77. The number of amides is 1. The number of nitrogens with zero attached hydrogens (tertiary/aromatic N) is 6. The third kappa shape index (κ3) is 5.06. The lowest BCUT2D eigenvalue weighted by Crippen LogP contribution is -2.32. The molecular formula is C30H25N9O4S. The van der Waals surface area contributed by atoms with Gasteiger partial charge in [0.05, 0.1) is 29.4 Å². The lowest BCUT2D eigenvalue weighted by Gasteiger charge is -2.21. The summed E-state index contributed by atoms with van der Waals surface area (Å²) in [5, 5.41) is 11.9. The van der Waals surface area contributed by atoms with E-state index in [2.05, 4.69) is 32.3 Å². The van der Waals surface area contributed by atoms with Crippen molar-refractivity contribution in [1.29, 1.82) is 0 Å². The topological polar surface area (TPSA) is 185 Å². The number of benzene rings is 2. The monoisotopic (exact) mass is 607 g/mol. The Morgan fingerprint density at radius 2 is 1.89 bits per heavy atom. The van der Waals surface area contributed by atoms with Gasteiger partial charge < -0.3 is 16.8 Å². The second kappa shape index (κ2) is 11.1. The Hall–Kier alpha value is -5.78. The van der Waals surface area contributed by atoms with Gasteiger partial charge in [0.2, 0.25) is 0 Å². The number of nitrogens with one attached hydrogen (secondary N) is 1. The van der Waals surface area contributed by atoms with Crippen molar-refractivity contribution in [2.24, 2.45) is 5.73 Å². The summed E-state index contributed by atoms with van der Waals surface area (Å²) in [6, 6.07) is 17.1. The molecule has 44 heavy (non-hydrogen) atoms. The SMILES string of the molecule is CC(NC(=O)c1c(N)nn2cccnc12)c1cc2cccc(C#Cc3cnn(S(=O)(=O)CN)c3)c2c(=O)n1-c1ccccc1. The van der Waals surface area contributed by atoms with Gasteiger partial charge in [-0.05, 0) is 42.6 Å². The average Bonchev–Trinajstić information content (AvgIpc) is 3.64. The fourth-order valence-corrected chi connectivity index (χ4v) is 5.47. The standard InChI is InChI=1S/C30H25N9O4S/c1-19(35-29(40)26-27(32)36-37-14-6-13-33-28(26)37)24-15-22-8-5-7-21(12-11-20-16-34-38(17-20)44(42,43)18-31)25(22)30(41)39(24)23-9-3-2-4-10-23/h2-10,13-17,19H,18,31H2,1H3,(H2,32,36)(H,35,40). The smallest absolute Gasteiger partial charge is 0.266 e. The molecule has 0 bridgehead atoms. The van der Waals surface area contributed by atoms with Gasteiger partial charge in [0, 0.05) is 29.3 Å². The molecule has 0 spiro atoms. The van der Waals surface area contributed by atoms with Crippen LogP contribution in [-0.4, -0.2) is 48.6 Å². The van der Waals surface area contributed by atoms with Crippen LogP contribution in [0.5, 0.6) is 0 Å². The van der Waals surface area contributed by atoms with Gasteiger partial charge in [-0.15, -0.1) is 5.10 Å². The lowest BCUT2D eigenvalue weighted by molar-refractivity contribution is 0.0941. The zero-order chi connectivity index (χ0) is 31.0. The quantitative estimate of drug-likeness (QED) is 0.237. The molecule has 14 heteroatoms. The molecule has 220 valence electrons. The van der Waals surface area contributed by atoms with Crippen LogP contribution in [0, 0.1) is 11.8 Å². The van der Waals surface area contributed by atoms with Crippen LogP contribution in [-0.2, 0) is 10.0 Å². The normalized spacial score (nSPS) is 12.1. The van der Waals surface area contributed by atoms with Crippen LogP contribution < -0.4 is 22.3 Å². The van der Waals surface area contributed by atoms with Crippen LogP contribution in [0.4, 0.5) is 5.82 Å². The molecule has 2 aromatic carbocycles. The molecule has 0 aliphatic heterocycles. The van der Waals surface area contributed by atoms with Gasteiger partial charge in [0.1, 0.15) is 11.4 Å². The molecule has 4 aromatic heterocycles. The Kier molecular flexibility index (Phi) is 7.17. The van der Waals surface area contributed by atoms with Crippen LogP contribution in [0.25, 0.3) is 22.1 Å². The maximum absolute atomic E-state index is 14.2. The largest absolute Gasteiger partial charge is 0.381 e. The summed E-state index contributed by atoms with van der Waals surface area (Å²) >= 11 is 0. The molecule has 0 aliphatic carbocycles. The van der Waals surface area contributed by atoms with Gasteiger partial charge in [-0.1, -0.05) is 42.2 Å². The molecule has 0 aliphatic rings. The number of aromatic nitrogens is 6. The Morgan fingerprint density at radius 1 is 1.09 bits per heavy atom. The fraction of sp³-hybridized carbons (Fsp3) is 0.100. The summed E-state index contributed by atoms with van der Waals surface area (Å²) in [6.45, 7) is 1.77. The van der Waals surface area contributed by atoms with E-state index < -0.39 is 27.8 Å². The second-order valence-electron chi connectivity index (χ2n) is 9.79. The maximum atomic E-state index is 14.2. The molecule has 6 aromatic rings. The minimum Gasteiger partial charge on any atom is -0.381 e. The summed E-state index contributed by atoms with van der Waals surface area (Å²) in [5.74, 6) is 4.81. The number of anilines is 1. The first kappa shape index (κ1) is 28.3. The van der Waals surface area contributed by atoms with E-state index in [-0.39, 0.29) is 16.9 Å². The van der Waals surface area contributed by atoms with E-state index >= 15 is 0 Å². The highest BCUT2D eigenvalue weighted by Gasteiger charge is 2.24. The molecule has 5 N–H and O–H groups in total. The number of rotatable bonds is 6. The van der Waals surface area contributed by atoms with Crippen molar-refractivity contribution in [3.8, 4) is 17.5 Å². The highest BCUT2D eigenvalue weighted by Crippen LogP contribution is 2.24. The third-order valence-electron chi connectivity index (χ3n) is 6.93. The molecule has 13 nitrogen and oxygen atoms in total. The summed E-state index contributed by atoms with van der Waals surface area (Å²) in [7, 11) is -3.77. The molecule has 0 saturated carbocycles. The number of para-hydroxylation sites is 1. The summed E-state index contributed by atoms with van der Waals surface area (Å²) in [6.07, 6.45) is 5.76. The molecule has 1 unspecified atom stereocenters. The number of hydrogen-bond acceptors (Lipinski definition) is 9. The number of hydrogen-bond donors (Lipinski definition) is 3. The van der Waals surface area contributed by atoms with Crippen molar-refractivity contribution in [3.05, 3.63) is 118 Å². The van der Waals surface area contributed by atoms with Gasteiger partial charge in [-0.3, -0.25) is 14.2 Å². The molecule has 1 atom stereocenters. The molecule has 0 fully saturated rings. The highest BCUT2D eigenvalue weighted by molar-refractivity contribution is 7.89. The van der Waals surface area contributed by atoms with Crippen molar-refractivity contribution in [2.45, 2.75) is 13.0 Å². The summed E-state index contributed by atoms with van der Waals surface area (Å²) in [5.41, 5.74) is 13.3. The lowest BCUT2D eigenvalue weighted by atomic mass is 10.0. The molecule has 1 amide bonds. The van der Waals surface area contributed by atoms with E-state index in [1.807, 2.05) is 24.3 Å². The summed E-state index contributed by atoms with van der Waals surface area (Å²) < 4.78 is 27.8. The van der Waals surface area contributed by atoms with E-state index in [0.717, 1.165) is 4.09 Å². The van der Waals surface area contributed by atoms with E-state index in [0.29, 0.717) is 38.9 Å². The number of carbonyl (C=O) groups is 1.